The summed E-state index contributed by atoms with van der Waals surface area (Å²) in [5.74, 6) is 0.874. The SMILES string of the molecule is C[C@H]1CCCC2=C1CC=C2. The first-order chi connectivity index (χ1) is 4.88. The van der Waals surface area contributed by atoms with E-state index < -0.39 is 0 Å². The fraction of sp³-hybridized carbons (Fsp3) is 0.600. The van der Waals surface area contributed by atoms with E-state index in [4.69, 9.17) is 0 Å². The zero-order valence-electron chi connectivity index (χ0n) is 6.56. The van der Waals surface area contributed by atoms with Gasteiger partial charge in [-0.25, -0.2) is 0 Å². The molecule has 0 amide bonds. The third kappa shape index (κ3) is 0.828. The van der Waals surface area contributed by atoms with Crippen molar-refractivity contribution in [1.82, 2.24) is 0 Å². The minimum absolute atomic E-state index is 0.874. The van der Waals surface area contributed by atoms with Crippen LogP contribution >= 0.6 is 0 Å². The number of rotatable bonds is 0. The lowest BCUT2D eigenvalue weighted by Crippen LogP contribution is -2.05. The molecular weight excluding hydrogens is 120 g/mol. The van der Waals surface area contributed by atoms with Crippen molar-refractivity contribution >= 4 is 0 Å². The second kappa shape index (κ2) is 2.26. The molecule has 0 unspecified atom stereocenters. The number of hydrogen-bond donors (Lipinski definition) is 0. The molecule has 0 spiro atoms. The van der Waals surface area contributed by atoms with Gasteiger partial charge in [-0.05, 0) is 37.2 Å². The zero-order valence-corrected chi connectivity index (χ0v) is 6.56. The van der Waals surface area contributed by atoms with Crippen LogP contribution in [0, 0.1) is 5.92 Å². The lowest BCUT2D eigenvalue weighted by atomic mass is 9.85. The topological polar surface area (TPSA) is 0 Å². The molecule has 0 bridgehead atoms. The predicted molar refractivity (Wildman–Crippen MR) is 43.8 cm³/mol. The summed E-state index contributed by atoms with van der Waals surface area (Å²) in [5, 5.41) is 0. The first kappa shape index (κ1) is 6.21. The standard InChI is InChI=1S/C10H14/c1-8-4-2-5-9-6-3-7-10(8)9/h3,6,8H,2,4-5,7H2,1H3/t8-/m0/s1. The molecule has 0 radical (unpaired) electrons. The second-order valence-corrected chi connectivity index (χ2v) is 3.45. The van der Waals surface area contributed by atoms with Crippen LogP contribution in [0.15, 0.2) is 23.3 Å². The molecule has 2 aliphatic rings. The van der Waals surface area contributed by atoms with Crippen LogP contribution in [0.1, 0.15) is 32.6 Å². The Morgan fingerprint density at radius 1 is 1.50 bits per heavy atom. The Morgan fingerprint density at radius 3 is 3.20 bits per heavy atom. The first-order valence-electron chi connectivity index (χ1n) is 4.26. The third-order valence-electron chi connectivity index (χ3n) is 2.75. The quantitative estimate of drug-likeness (QED) is 0.477. The molecule has 0 saturated heterocycles. The third-order valence-corrected chi connectivity index (χ3v) is 2.75. The summed E-state index contributed by atoms with van der Waals surface area (Å²) in [7, 11) is 0. The molecular formula is C10H14. The molecule has 1 atom stereocenters. The largest absolute Gasteiger partial charge is 0.0802 e. The van der Waals surface area contributed by atoms with E-state index in [0.717, 1.165) is 5.92 Å². The zero-order chi connectivity index (χ0) is 6.97. The van der Waals surface area contributed by atoms with Gasteiger partial charge in [0, 0.05) is 0 Å². The fourth-order valence-corrected chi connectivity index (χ4v) is 2.10. The highest BCUT2D eigenvalue weighted by atomic mass is 14.2. The molecule has 0 N–H and O–H groups in total. The van der Waals surface area contributed by atoms with Gasteiger partial charge in [0.05, 0.1) is 0 Å². The van der Waals surface area contributed by atoms with E-state index in [2.05, 4.69) is 19.1 Å². The maximum absolute atomic E-state index is 2.36. The smallest absolute Gasteiger partial charge is 0.0127 e. The van der Waals surface area contributed by atoms with Gasteiger partial charge in [0.25, 0.3) is 0 Å². The Balaban J connectivity index is 2.28. The van der Waals surface area contributed by atoms with Gasteiger partial charge in [-0.15, -0.1) is 0 Å². The van der Waals surface area contributed by atoms with Gasteiger partial charge in [0.1, 0.15) is 0 Å². The first-order valence-corrected chi connectivity index (χ1v) is 4.26. The van der Waals surface area contributed by atoms with Gasteiger partial charge in [-0.3, -0.25) is 0 Å². The Bertz CT molecular complexity index is 196. The predicted octanol–water partition coefficient (Wildman–Crippen LogP) is 3.06. The van der Waals surface area contributed by atoms with E-state index in [9.17, 15) is 0 Å². The van der Waals surface area contributed by atoms with Crippen LogP contribution in [-0.2, 0) is 0 Å². The van der Waals surface area contributed by atoms with Gasteiger partial charge in [0.2, 0.25) is 0 Å². The minimum Gasteiger partial charge on any atom is -0.0802 e. The Kier molecular flexibility index (Phi) is 1.40. The van der Waals surface area contributed by atoms with Gasteiger partial charge in [0.15, 0.2) is 0 Å². The molecule has 54 valence electrons. The molecule has 2 rings (SSSR count). The van der Waals surface area contributed by atoms with Crippen LogP contribution in [0.25, 0.3) is 0 Å². The second-order valence-electron chi connectivity index (χ2n) is 3.45. The van der Waals surface area contributed by atoms with Crippen LogP contribution in [-0.4, -0.2) is 0 Å². The number of allylic oxidation sites excluding steroid dienone is 4. The van der Waals surface area contributed by atoms with Crippen LogP contribution in [0.3, 0.4) is 0 Å². The minimum atomic E-state index is 0.874. The Labute approximate surface area is 62.6 Å². The van der Waals surface area contributed by atoms with E-state index in [1.54, 1.807) is 11.1 Å². The summed E-state index contributed by atoms with van der Waals surface area (Å²) in [5.41, 5.74) is 3.38. The van der Waals surface area contributed by atoms with E-state index in [1.165, 1.54) is 25.7 Å². The van der Waals surface area contributed by atoms with Gasteiger partial charge < -0.3 is 0 Å². The highest BCUT2D eigenvalue weighted by Gasteiger charge is 2.19. The fourth-order valence-electron chi connectivity index (χ4n) is 2.10. The van der Waals surface area contributed by atoms with Crippen molar-refractivity contribution in [2.75, 3.05) is 0 Å². The van der Waals surface area contributed by atoms with Gasteiger partial charge in [-0.2, -0.15) is 0 Å². The van der Waals surface area contributed by atoms with E-state index >= 15 is 0 Å². The Hall–Kier alpha value is -0.520. The summed E-state index contributed by atoms with van der Waals surface area (Å²) in [6, 6.07) is 0. The van der Waals surface area contributed by atoms with Crippen LogP contribution in [0.2, 0.25) is 0 Å². The molecule has 0 aromatic heterocycles. The summed E-state index contributed by atoms with van der Waals surface area (Å²) in [4.78, 5) is 0. The molecule has 0 fully saturated rings. The summed E-state index contributed by atoms with van der Waals surface area (Å²) < 4.78 is 0. The van der Waals surface area contributed by atoms with Crippen molar-refractivity contribution in [3.63, 3.8) is 0 Å². The molecule has 0 aromatic carbocycles. The van der Waals surface area contributed by atoms with Crippen LogP contribution < -0.4 is 0 Å². The molecule has 0 heteroatoms. The van der Waals surface area contributed by atoms with Crippen molar-refractivity contribution < 1.29 is 0 Å². The normalized spacial score (nSPS) is 31.1. The van der Waals surface area contributed by atoms with Gasteiger partial charge >= 0.3 is 0 Å². The maximum Gasteiger partial charge on any atom is -0.0127 e. The molecule has 0 saturated carbocycles. The van der Waals surface area contributed by atoms with Crippen LogP contribution in [0.5, 0.6) is 0 Å². The van der Waals surface area contributed by atoms with Gasteiger partial charge in [-0.1, -0.05) is 24.6 Å². The average Bonchev–Trinajstić information content (AvgIpc) is 2.36. The molecule has 0 nitrogen and oxygen atoms in total. The van der Waals surface area contributed by atoms with E-state index in [1.807, 2.05) is 0 Å². The highest BCUT2D eigenvalue weighted by Crippen LogP contribution is 2.36. The maximum atomic E-state index is 2.36. The van der Waals surface area contributed by atoms with E-state index in [-0.39, 0.29) is 0 Å². The van der Waals surface area contributed by atoms with E-state index in [0.29, 0.717) is 0 Å². The van der Waals surface area contributed by atoms with Crippen molar-refractivity contribution in [3.8, 4) is 0 Å². The monoisotopic (exact) mass is 134 g/mol. The average molecular weight is 134 g/mol. The van der Waals surface area contributed by atoms with Crippen molar-refractivity contribution in [2.45, 2.75) is 32.6 Å². The molecule has 0 aliphatic heterocycles. The molecule has 2 aliphatic carbocycles. The molecule has 10 heavy (non-hydrogen) atoms. The summed E-state index contributed by atoms with van der Waals surface area (Å²) in [6.07, 6.45) is 10.1. The highest BCUT2D eigenvalue weighted by molar-refractivity contribution is 5.36. The van der Waals surface area contributed by atoms with Crippen molar-refractivity contribution in [3.05, 3.63) is 23.3 Å². The lowest BCUT2D eigenvalue weighted by Gasteiger charge is -2.20. The number of hydrogen-bond acceptors (Lipinski definition) is 0. The van der Waals surface area contributed by atoms with Crippen molar-refractivity contribution in [1.29, 1.82) is 0 Å². The lowest BCUT2D eigenvalue weighted by molar-refractivity contribution is 0.537. The molecule has 0 heterocycles. The van der Waals surface area contributed by atoms with Crippen LogP contribution in [0.4, 0.5) is 0 Å². The molecule has 0 aromatic rings. The Morgan fingerprint density at radius 2 is 2.40 bits per heavy atom. The summed E-state index contributed by atoms with van der Waals surface area (Å²) >= 11 is 0. The summed E-state index contributed by atoms with van der Waals surface area (Å²) in [6.45, 7) is 2.36. The van der Waals surface area contributed by atoms with Crippen molar-refractivity contribution in [2.24, 2.45) is 5.92 Å².